The van der Waals surface area contributed by atoms with E-state index in [0.29, 0.717) is 0 Å². The minimum atomic E-state index is -1.26. The Bertz CT molecular complexity index is 380. The van der Waals surface area contributed by atoms with Crippen LogP contribution in [0.3, 0.4) is 0 Å². The minimum absolute atomic E-state index is 0. The van der Waals surface area contributed by atoms with Gasteiger partial charge >= 0.3 is 47.5 Å². The second-order valence-electron chi connectivity index (χ2n) is 4.90. The molecule has 0 rings (SSSR count). The number of carboxylic acids is 1. The van der Waals surface area contributed by atoms with E-state index in [0.717, 1.165) is 32.1 Å². The normalized spacial score (nSPS) is 11.0. The van der Waals surface area contributed by atoms with E-state index in [1.807, 2.05) is 0 Å². The third-order valence-electron chi connectivity index (χ3n) is 2.77. The van der Waals surface area contributed by atoms with Gasteiger partial charge in [0.2, 0.25) is 0 Å². The van der Waals surface area contributed by atoms with Crippen LogP contribution in [0.25, 0.3) is 0 Å². The Labute approximate surface area is 153 Å². The Morgan fingerprint density at radius 2 is 1.82 bits per heavy atom. The zero-order valence-electron chi connectivity index (χ0n) is 12.7. The van der Waals surface area contributed by atoms with Gasteiger partial charge in [0.15, 0.2) is 6.61 Å². The van der Waals surface area contributed by atoms with E-state index in [2.05, 4.69) is 18.2 Å². The van der Waals surface area contributed by atoms with E-state index in [-0.39, 0.29) is 47.7 Å². The molecule has 0 aromatic heterocycles. The monoisotopic (exact) mass is 324 g/mol. The van der Waals surface area contributed by atoms with Gasteiger partial charge in [-0.25, -0.2) is 9.59 Å². The molecule has 0 saturated heterocycles. The van der Waals surface area contributed by atoms with Gasteiger partial charge in [-0.3, -0.25) is 4.79 Å². The fraction of sp³-hybridized carbons (Fsp3) is 0.667. The number of hydrogen-bond donors (Lipinski definition) is 1. The molecule has 0 fully saturated rings. The van der Waals surface area contributed by atoms with Gasteiger partial charge < -0.3 is 14.6 Å². The molecule has 0 bridgehead atoms. The van der Waals surface area contributed by atoms with Gasteiger partial charge in [-0.2, -0.15) is 0 Å². The van der Waals surface area contributed by atoms with Gasteiger partial charge in [0.05, 0.1) is 12.5 Å². The number of unbranched alkanes of at least 4 members (excludes halogenated alkanes) is 3. The van der Waals surface area contributed by atoms with Crippen LogP contribution in [-0.4, -0.2) is 65.3 Å². The molecule has 0 aliphatic rings. The molecule has 7 heteroatoms. The molecule has 22 heavy (non-hydrogen) atoms. The van der Waals surface area contributed by atoms with Crippen molar-refractivity contribution in [1.29, 1.82) is 0 Å². The standard InChI is InChI=1S/C15H24O6.Na.H/c1-4-5-6-7-8-12(3)21-14(18)9-11(2)15(19)20-10-13(16)17;;/h12H,2,4-10H2,1,3H3,(H,16,17);;. The fourth-order valence-corrected chi connectivity index (χ4v) is 1.66. The SMILES string of the molecule is C=C(CC(=O)OC(C)CCCCCC)C(=O)OCC(=O)O.[NaH]. The van der Waals surface area contributed by atoms with E-state index in [1.54, 1.807) is 6.92 Å². The topological polar surface area (TPSA) is 89.9 Å². The Morgan fingerprint density at radius 3 is 2.36 bits per heavy atom. The van der Waals surface area contributed by atoms with Gasteiger partial charge in [-0.15, -0.1) is 0 Å². The summed E-state index contributed by atoms with van der Waals surface area (Å²) in [6, 6.07) is 0. The number of ether oxygens (including phenoxy) is 2. The van der Waals surface area contributed by atoms with Crippen LogP contribution >= 0.6 is 0 Å². The molecule has 0 aromatic carbocycles. The Morgan fingerprint density at radius 1 is 1.18 bits per heavy atom. The molecule has 1 N–H and O–H groups in total. The van der Waals surface area contributed by atoms with Crippen LogP contribution in [0.1, 0.15) is 52.4 Å². The van der Waals surface area contributed by atoms with Crippen molar-refractivity contribution >= 4 is 47.5 Å². The molecule has 1 atom stereocenters. The maximum atomic E-state index is 11.6. The van der Waals surface area contributed by atoms with Crippen LogP contribution in [-0.2, 0) is 23.9 Å². The van der Waals surface area contributed by atoms with Crippen LogP contribution in [0.5, 0.6) is 0 Å². The third kappa shape index (κ3) is 12.9. The average Bonchev–Trinajstić information content (AvgIpc) is 2.40. The van der Waals surface area contributed by atoms with Crippen molar-refractivity contribution in [3.63, 3.8) is 0 Å². The summed E-state index contributed by atoms with van der Waals surface area (Å²) in [5.41, 5.74) is -0.112. The predicted molar refractivity (Wildman–Crippen MR) is 83.8 cm³/mol. The summed E-state index contributed by atoms with van der Waals surface area (Å²) in [6.07, 6.45) is 4.67. The Kier molecular flexibility index (Phi) is 14.7. The van der Waals surface area contributed by atoms with Crippen molar-refractivity contribution in [2.24, 2.45) is 0 Å². The molecule has 0 aromatic rings. The van der Waals surface area contributed by atoms with Crippen LogP contribution in [0.2, 0.25) is 0 Å². The quantitative estimate of drug-likeness (QED) is 0.270. The number of carboxylic acid groups (broad SMARTS) is 1. The number of carbonyl (C=O) groups is 3. The van der Waals surface area contributed by atoms with Gasteiger partial charge in [0.25, 0.3) is 0 Å². The average molecular weight is 324 g/mol. The van der Waals surface area contributed by atoms with E-state index >= 15 is 0 Å². The van der Waals surface area contributed by atoms with E-state index < -0.39 is 24.5 Å². The first-order valence-corrected chi connectivity index (χ1v) is 7.13. The van der Waals surface area contributed by atoms with Crippen molar-refractivity contribution in [1.82, 2.24) is 0 Å². The molecule has 0 saturated carbocycles. The summed E-state index contributed by atoms with van der Waals surface area (Å²) >= 11 is 0. The summed E-state index contributed by atoms with van der Waals surface area (Å²) in [5.74, 6) is -2.72. The summed E-state index contributed by atoms with van der Waals surface area (Å²) in [5, 5.41) is 8.37. The van der Waals surface area contributed by atoms with Gasteiger partial charge in [-0.05, 0) is 19.8 Å². The van der Waals surface area contributed by atoms with Crippen molar-refractivity contribution in [3.05, 3.63) is 12.2 Å². The zero-order chi connectivity index (χ0) is 16.3. The molecule has 122 valence electrons. The maximum absolute atomic E-state index is 11.6. The predicted octanol–water partition coefficient (Wildman–Crippen LogP) is 1.81. The van der Waals surface area contributed by atoms with Crippen LogP contribution in [0, 0.1) is 0 Å². The molecule has 0 amide bonds. The van der Waals surface area contributed by atoms with Crippen molar-refractivity contribution in [2.45, 2.75) is 58.5 Å². The number of carbonyl (C=O) groups excluding carboxylic acids is 2. The number of rotatable bonds is 11. The Balaban J connectivity index is 0. The molecule has 6 nitrogen and oxygen atoms in total. The van der Waals surface area contributed by atoms with Gasteiger partial charge in [0, 0.05) is 5.57 Å². The zero-order valence-corrected chi connectivity index (χ0v) is 12.7. The van der Waals surface area contributed by atoms with Crippen LogP contribution < -0.4 is 0 Å². The Hall–Kier alpha value is -0.850. The summed E-state index contributed by atoms with van der Waals surface area (Å²) in [7, 11) is 0. The molecular formula is C15H25NaO6. The van der Waals surface area contributed by atoms with Gasteiger partial charge in [-0.1, -0.05) is 32.8 Å². The second kappa shape index (κ2) is 13.8. The first kappa shape index (κ1) is 23.4. The summed E-state index contributed by atoms with van der Waals surface area (Å²) in [4.78, 5) is 33.2. The molecular weight excluding hydrogens is 299 g/mol. The van der Waals surface area contributed by atoms with E-state index in [1.165, 1.54) is 0 Å². The first-order chi connectivity index (χ1) is 9.86. The molecule has 0 aliphatic carbocycles. The van der Waals surface area contributed by atoms with Gasteiger partial charge in [0.1, 0.15) is 0 Å². The van der Waals surface area contributed by atoms with Crippen molar-refractivity contribution < 1.29 is 29.0 Å². The number of esters is 2. The number of aliphatic carboxylic acids is 1. The second-order valence-corrected chi connectivity index (χ2v) is 4.90. The molecule has 0 aliphatic heterocycles. The van der Waals surface area contributed by atoms with Crippen LogP contribution in [0.4, 0.5) is 0 Å². The van der Waals surface area contributed by atoms with E-state index in [9.17, 15) is 14.4 Å². The molecule has 1 unspecified atom stereocenters. The van der Waals surface area contributed by atoms with Crippen LogP contribution in [0.15, 0.2) is 12.2 Å². The first-order valence-electron chi connectivity index (χ1n) is 7.13. The molecule has 0 radical (unpaired) electrons. The molecule has 0 spiro atoms. The number of hydrogen-bond acceptors (Lipinski definition) is 5. The molecule has 0 heterocycles. The third-order valence-corrected chi connectivity index (χ3v) is 2.77. The fourth-order valence-electron chi connectivity index (χ4n) is 1.66. The van der Waals surface area contributed by atoms with Crippen molar-refractivity contribution in [2.75, 3.05) is 6.61 Å². The van der Waals surface area contributed by atoms with E-state index in [4.69, 9.17) is 9.84 Å². The summed E-state index contributed by atoms with van der Waals surface area (Å²) in [6.45, 7) is 6.57. The summed E-state index contributed by atoms with van der Waals surface area (Å²) < 4.78 is 9.57. The van der Waals surface area contributed by atoms with Crippen molar-refractivity contribution in [3.8, 4) is 0 Å².